The first-order chi connectivity index (χ1) is 13.0. The molecule has 1 aliphatic heterocycles. The molecule has 4 rings (SSSR count). The van der Waals surface area contributed by atoms with Crippen LogP contribution < -0.4 is 0 Å². The molecule has 1 aliphatic carbocycles. The highest BCUT2D eigenvalue weighted by Gasteiger charge is 2.57. The Hall–Kier alpha value is -2.31. The summed E-state index contributed by atoms with van der Waals surface area (Å²) in [5, 5.41) is 21.3. The van der Waals surface area contributed by atoms with Crippen LogP contribution >= 0.6 is 0 Å². The molecule has 5 atom stereocenters. The maximum Gasteiger partial charge on any atom is 0.274 e. The Balaban J connectivity index is 1.79. The lowest BCUT2D eigenvalue weighted by molar-refractivity contribution is -0.0613. The first-order valence-electron chi connectivity index (χ1n) is 9.52. The Kier molecular flexibility index (Phi) is 4.70. The zero-order valence-electron chi connectivity index (χ0n) is 15.4. The van der Waals surface area contributed by atoms with Gasteiger partial charge in [0, 0.05) is 23.9 Å². The normalized spacial score (nSPS) is 33.4. The molecule has 1 saturated carbocycles. The lowest BCUT2D eigenvalue weighted by Gasteiger charge is -2.38. The van der Waals surface area contributed by atoms with E-state index in [0.29, 0.717) is 18.5 Å². The average Bonchev–Trinajstić information content (AvgIpc) is 2.96. The summed E-state index contributed by atoms with van der Waals surface area (Å²) >= 11 is 0. The SMILES string of the molecule is C[C@@]12C[C@H](c3ccccc3)N(C(=O)c3cnccn3)[C@@H]1CCC[C@@H](O)[C@@H]2O. The maximum atomic E-state index is 13.4. The predicted octanol–water partition coefficient (Wildman–Crippen LogP) is 2.34. The Labute approximate surface area is 158 Å². The third-order valence-corrected chi connectivity index (χ3v) is 6.28. The van der Waals surface area contributed by atoms with Gasteiger partial charge < -0.3 is 15.1 Å². The van der Waals surface area contributed by atoms with Crippen molar-refractivity contribution in [3.63, 3.8) is 0 Å². The lowest BCUT2D eigenvalue weighted by Crippen LogP contribution is -2.49. The number of fused-ring (bicyclic) bond motifs is 1. The van der Waals surface area contributed by atoms with Gasteiger partial charge in [0.05, 0.1) is 24.4 Å². The van der Waals surface area contributed by atoms with Gasteiger partial charge in [-0.15, -0.1) is 0 Å². The fourth-order valence-electron chi connectivity index (χ4n) is 4.87. The van der Waals surface area contributed by atoms with Crippen molar-refractivity contribution in [3.8, 4) is 0 Å². The smallest absolute Gasteiger partial charge is 0.274 e. The molecule has 6 nitrogen and oxygen atoms in total. The molecular formula is C21H25N3O3. The number of benzene rings is 1. The van der Waals surface area contributed by atoms with E-state index in [9.17, 15) is 15.0 Å². The highest BCUT2D eigenvalue weighted by molar-refractivity contribution is 5.93. The van der Waals surface area contributed by atoms with E-state index in [1.165, 1.54) is 12.4 Å². The molecule has 1 aromatic carbocycles. The number of likely N-dealkylation sites (tertiary alicyclic amines) is 1. The van der Waals surface area contributed by atoms with Crippen LogP contribution in [0.5, 0.6) is 0 Å². The van der Waals surface area contributed by atoms with Crippen molar-refractivity contribution in [3.05, 3.63) is 60.2 Å². The number of aromatic nitrogens is 2. The summed E-state index contributed by atoms with van der Waals surface area (Å²) in [4.78, 5) is 23.5. The molecule has 0 unspecified atom stereocenters. The Bertz CT molecular complexity index is 801. The van der Waals surface area contributed by atoms with Crippen LogP contribution in [-0.2, 0) is 0 Å². The van der Waals surface area contributed by atoms with E-state index in [2.05, 4.69) is 9.97 Å². The zero-order valence-corrected chi connectivity index (χ0v) is 15.4. The van der Waals surface area contributed by atoms with Crippen molar-refractivity contribution >= 4 is 5.91 Å². The standard InChI is InChI=1S/C21H25N3O3/c1-21-12-16(14-6-3-2-4-7-14)24(20(27)15-13-22-10-11-23-15)18(21)9-5-8-17(25)19(21)26/h2-4,6-7,10-11,13,16-19,25-26H,5,8-9,12H2,1H3/t16-,17-,18-,19+,21-/m1/s1. The molecule has 0 spiro atoms. The number of carbonyl (C=O) groups excluding carboxylic acids is 1. The molecule has 0 bridgehead atoms. The number of hydrogen-bond acceptors (Lipinski definition) is 5. The predicted molar refractivity (Wildman–Crippen MR) is 99.8 cm³/mol. The fourth-order valence-corrected chi connectivity index (χ4v) is 4.87. The van der Waals surface area contributed by atoms with Crippen LogP contribution in [0, 0.1) is 5.41 Å². The summed E-state index contributed by atoms with van der Waals surface area (Å²) in [6.45, 7) is 2.00. The third-order valence-electron chi connectivity index (χ3n) is 6.28. The summed E-state index contributed by atoms with van der Waals surface area (Å²) in [7, 11) is 0. The Morgan fingerprint density at radius 1 is 1.19 bits per heavy atom. The number of aliphatic hydroxyl groups excluding tert-OH is 2. The first kappa shape index (κ1) is 18.1. The summed E-state index contributed by atoms with van der Waals surface area (Å²) in [6, 6.07) is 9.56. The topological polar surface area (TPSA) is 86.6 Å². The number of rotatable bonds is 2. The molecule has 2 aromatic rings. The van der Waals surface area contributed by atoms with Crippen LogP contribution in [0.15, 0.2) is 48.9 Å². The second-order valence-corrected chi connectivity index (χ2v) is 7.90. The Morgan fingerprint density at radius 2 is 1.96 bits per heavy atom. The van der Waals surface area contributed by atoms with Gasteiger partial charge in [-0.1, -0.05) is 37.3 Å². The highest BCUT2D eigenvalue weighted by Crippen LogP contribution is 2.53. The van der Waals surface area contributed by atoms with E-state index in [1.54, 1.807) is 6.20 Å². The number of hydrogen-bond donors (Lipinski definition) is 2. The molecule has 0 radical (unpaired) electrons. The van der Waals surface area contributed by atoms with Crippen LogP contribution in [0.25, 0.3) is 0 Å². The number of carbonyl (C=O) groups is 1. The zero-order chi connectivity index (χ0) is 19.0. The summed E-state index contributed by atoms with van der Waals surface area (Å²) < 4.78 is 0. The fraction of sp³-hybridized carbons (Fsp3) is 0.476. The molecule has 1 aromatic heterocycles. The molecule has 27 heavy (non-hydrogen) atoms. The average molecular weight is 367 g/mol. The molecule has 2 N–H and O–H groups in total. The van der Waals surface area contributed by atoms with Gasteiger partial charge in [0.1, 0.15) is 5.69 Å². The van der Waals surface area contributed by atoms with Gasteiger partial charge >= 0.3 is 0 Å². The van der Waals surface area contributed by atoms with Crippen LogP contribution in [-0.4, -0.2) is 49.2 Å². The molecule has 142 valence electrons. The summed E-state index contributed by atoms with van der Waals surface area (Å²) in [6.07, 6.45) is 5.60. The Morgan fingerprint density at radius 3 is 2.67 bits per heavy atom. The molecule has 1 amide bonds. The largest absolute Gasteiger partial charge is 0.390 e. The third kappa shape index (κ3) is 3.03. The van der Waals surface area contributed by atoms with Gasteiger partial charge in [-0.2, -0.15) is 0 Å². The van der Waals surface area contributed by atoms with Crippen LogP contribution in [0.3, 0.4) is 0 Å². The number of aliphatic hydroxyl groups is 2. The van der Waals surface area contributed by atoms with Crippen LogP contribution in [0.4, 0.5) is 0 Å². The minimum absolute atomic E-state index is 0.163. The van der Waals surface area contributed by atoms with E-state index in [4.69, 9.17) is 0 Å². The van der Waals surface area contributed by atoms with Crippen molar-refractivity contribution in [2.75, 3.05) is 0 Å². The minimum atomic E-state index is -0.865. The van der Waals surface area contributed by atoms with Crippen molar-refractivity contribution < 1.29 is 15.0 Å². The summed E-state index contributed by atoms with van der Waals surface area (Å²) in [5.41, 5.74) is 0.765. The highest BCUT2D eigenvalue weighted by atomic mass is 16.3. The van der Waals surface area contributed by atoms with Gasteiger partial charge in [-0.3, -0.25) is 9.78 Å². The first-order valence-corrected chi connectivity index (χ1v) is 9.52. The molecule has 2 heterocycles. The van der Waals surface area contributed by atoms with Crippen molar-refractivity contribution in [2.45, 2.75) is 56.9 Å². The monoisotopic (exact) mass is 367 g/mol. The van der Waals surface area contributed by atoms with Crippen LogP contribution in [0.2, 0.25) is 0 Å². The van der Waals surface area contributed by atoms with E-state index in [0.717, 1.165) is 18.4 Å². The number of amides is 1. The van der Waals surface area contributed by atoms with E-state index in [1.807, 2.05) is 42.2 Å². The van der Waals surface area contributed by atoms with Gasteiger partial charge in [-0.25, -0.2) is 4.98 Å². The van der Waals surface area contributed by atoms with E-state index in [-0.39, 0.29) is 18.0 Å². The molecule has 2 fully saturated rings. The summed E-state index contributed by atoms with van der Waals surface area (Å²) in [5.74, 6) is -0.172. The van der Waals surface area contributed by atoms with E-state index < -0.39 is 17.6 Å². The lowest BCUT2D eigenvalue weighted by atomic mass is 9.74. The number of nitrogens with zero attached hydrogens (tertiary/aromatic N) is 3. The van der Waals surface area contributed by atoms with Gasteiger partial charge in [0.2, 0.25) is 0 Å². The maximum absolute atomic E-state index is 13.4. The van der Waals surface area contributed by atoms with Crippen molar-refractivity contribution in [2.24, 2.45) is 5.41 Å². The van der Waals surface area contributed by atoms with Gasteiger partial charge in [-0.05, 0) is 31.2 Å². The van der Waals surface area contributed by atoms with E-state index >= 15 is 0 Å². The van der Waals surface area contributed by atoms with Crippen molar-refractivity contribution in [1.82, 2.24) is 14.9 Å². The second kappa shape index (κ2) is 7.02. The molecule has 2 aliphatic rings. The minimum Gasteiger partial charge on any atom is -0.390 e. The van der Waals surface area contributed by atoms with Crippen LogP contribution in [0.1, 0.15) is 54.7 Å². The van der Waals surface area contributed by atoms with Gasteiger partial charge in [0.25, 0.3) is 5.91 Å². The van der Waals surface area contributed by atoms with Gasteiger partial charge in [0.15, 0.2) is 0 Å². The van der Waals surface area contributed by atoms with Crippen molar-refractivity contribution in [1.29, 1.82) is 0 Å². The molecule has 1 saturated heterocycles. The molecule has 6 heteroatoms. The molecular weight excluding hydrogens is 342 g/mol. The quantitative estimate of drug-likeness (QED) is 0.851. The second-order valence-electron chi connectivity index (χ2n) is 7.90.